The molecule has 0 radical (unpaired) electrons. The maximum Gasteiger partial charge on any atom is 0.471 e. The Hall–Kier alpha value is -3.30. The highest BCUT2D eigenvalue weighted by molar-refractivity contribution is 5.97. The van der Waals surface area contributed by atoms with Gasteiger partial charge in [-0.1, -0.05) is 17.3 Å². The maximum absolute atomic E-state index is 13.5. The zero-order chi connectivity index (χ0) is 18.7. The monoisotopic (exact) mass is 366 g/mol. The number of halogens is 4. The summed E-state index contributed by atoms with van der Waals surface area (Å²) in [6.07, 6.45) is -3.59. The predicted molar refractivity (Wildman–Crippen MR) is 81.8 cm³/mol. The van der Waals surface area contributed by atoms with Gasteiger partial charge in [-0.05, 0) is 24.3 Å². The summed E-state index contributed by atoms with van der Waals surface area (Å²) in [5, 5.41) is 5.88. The lowest BCUT2D eigenvalue weighted by Gasteiger charge is -2.06. The summed E-state index contributed by atoms with van der Waals surface area (Å²) in [4.78, 5) is 19.2. The number of pyridine rings is 1. The van der Waals surface area contributed by atoms with Crippen molar-refractivity contribution in [1.29, 1.82) is 0 Å². The topological polar surface area (TPSA) is 80.9 Å². The molecule has 134 valence electrons. The van der Waals surface area contributed by atoms with Gasteiger partial charge in [0.25, 0.3) is 0 Å². The number of Topliss-reactive ketones (excluding diaryl/α,β-unsaturated/α-hetero) is 1. The molecule has 26 heavy (non-hydrogen) atoms. The molecule has 10 heteroatoms. The highest BCUT2D eigenvalue weighted by atomic mass is 19.4. The van der Waals surface area contributed by atoms with Crippen LogP contribution in [0.25, 0.3) is 11.4 Å². The van der Waals surface area contributed by atoms with E-state index in [9.17, 15) is 22.4 Å². The van der Waals surface area contributed by atoms with Gasteiger partial charge in [0.1, 0.15) is 11.5 Å². The van der Waals surface area contributed by atoms with Crippen molar-refractivity contribution in [1.82, 2.24) is 15.1 Å². The second kappa shape index (κ2) is 6.90. The number of rotatable bonds is 5. The van der Waals surface area contributed by atoms with Crippen LogP contribution in [0, 0.1) is 5.82 Å². The molecule has 0 aliphatic heterocycles. The van der Waals surface area contributed by atoms with Crippen molar-refractivity contribution in [3.8, 4) is 11.4 Å². The maximum atomic E-state index is 13.5. The minimum atomic E-state index is -4.74. The van der Waals surface area contributed by atoms with Gasteiger partial charge in [0.15, 0.2) is 5.78 Å². The molecule has 0 bridgehead atoms. The Balaban J connectivity index is 1.68. The van der Waals surface area contributed by atoms with Crippen molar-refractivity contribution in [2.45, 2.75) is 6.18 Å². The van der Waals surface area contributed by atoms with E-state index < -0.39 is 23.7 Å². The first-order valence-electron chi connectivity index (χ1n) is 7.23. The van der Waals surface area contributed by atoms with Gasteiger partial charge >= 0.3 is 12.1 Å². The highest BCUT2D eigenvalue weighted by Crippen LogP contribution is 2.29. The smallest absolute Gasteiger partial charge is 0.375 e. The van der Waals surface area contributed by atoms with E-state index in [1.807, 2.05) is 0 Å². The van der Waals surface area contributed by atoms with Crippen LogP contribution in [0.3, 0.4) is 0 Å². The van der Waals surface area contributed by atoms with Crippen LogP contribution in [0.2, 0.25) is 0 Å². The highest BCUT2D eigenvalue weighted by Gasteiger charge is 2.38. The number of para-hydroxylation sites is 1. The quantitative estimate of drug-likeness (QED) is 0.549. The standard InChI is InChI=1S/C16H10F4N4O2/c17-10-3-1-2-4-11(10)22-8-13(25)12-6-5-9(7-21-12)14-23-15(26-24-14)16(18,19)20/h1-7,22H,8H2. The Bertz CT molecular complexity index is 922. The molecule has 0 aliphatic carbocycles. The number of nitrogens with zero attached hydrogens (tertiary/aromatic N) is 3. The van der Waals surface area contributed by atoms with Crippen LogP contribution in [0.1, 0.15) is 16.4 Å². The Kier molecular flexibility index (Phi) is 4.65. The molecule has 0 saturated carbocycles. The van der Waals surface area contributed by atoms with Crippen molar-refractivity contribution in [3.05, 3.63) is 60.0 Å². The van der Waals surface area contributed by atoms with Gasteiger partial charge in [-0.15, -0.1) is 0 Å². The van der Waals surface area contributed by atoms with Crippen LogP contribution in [-0.4, -0.2) is 27.5 Å². The van der Waals surface area contributed by atoms with Gasteiger partial charge in [0, 0.05) is 11.8 Å². The van der Waals surface area contributed by atoms with E-state index >= 15 is 0 Å². The molecule has 0 spiro atoms. The molecule has 1 aromatic carbocycles. The molecule has 3 rings (SSSR count). The minimum Gasteiger partial charge on any atom is -0.375 e. The molecule has 0 fully saturated rings. The lowest BCUT2D eigenvalue weighted by Crippen LogP contribution is -2.15. The Morgan fingerprint density at radius 2 is 1.92 bits per heavy atom. The van der Waals surface area contributed by atoms with E-state index in [4.69, 9.17) is 0 Å². The summed E-state index contributed by atoms with van der Waals surface area (Å²) in [6.45, 7) is -0.201. The number of ketones is 1. The third kappa shape index (κ3) is 3.85. The van der Waals surface area contributed by atoms with Crippen molar-refractivity contribution < 1.29 is 26.9 Å². The first-order chi connectivity index (χ1) is 12.3. The third-order valence-electron chi connectivity index (χ3n) is 3.29. The van der Waals surface area contributed by atoms with Crippen LogP contribution in [-0.2, 0) is 6.18 Å². The summed E-state index contributed by atoms with van der Waals surface area (Å²) in [5.41, 5.74) is 0.379. The van der Waals surface area contributed by atoms with E-state index in [1.165, 1.54) is 30.3 Å². The summed E-state index contributed by atoms with van der Waals surface area (Å²) in [5.74, 6) is -2.69. The van der Waals surface area contributed by atoms with E-state index in [1.54, 1.807) is 6.07 Å². The first-order valence-corrected chi connectivity index (χ1v) is 7.23. The first kappa shape index (κ1) is 17.5. The fourth-order valence-electron chi connectivity index (χ4n) is 2.02. The van der Waals surface area contributed by atoms with E-state index in [-0.39, 0.29) is 29.3 Å². The second-order valence-electron chi connectivity index (χ2n) is 5.11. The molecule has 3 aromatic rings. The van der Waals surface area contributed by atoms with E-state index in [0.29, 0.717) is 0 Å². The summed E-state index contributed by atoms with van der Waals surface area (Å²) < 4.78 is 55.0. The molecular weight excluding hydrogens is 356 g/mol. The number of aromatic nitrogens is 3. The van der Waals surface area contributed by atoms with Crippen LogP contribution in [0.15, 0.2) is 47.1 Å². The van der Waals surface area contributed by atoms with Gasteiger partial charge in [-0.2, -0.15) is 18.2 Å². The second-order valence-corrected chi connectivity index (χ2v) is 5.11. The number of carbonyl (C=O) groups is 1. The lowest BCUT2D eigenvalue weighted by atomic mass is 10.2. The number of nitrogens with one attached hydrogen (secondary N) is 1. The fourth-order valence-corrected chi connectivity index (χ4v) is 2.02. The van der Waals surface area contributed by atoms with Gasteiger partial charge in [-0.25, -0.2) is 4.39 Å². The molecule has 0 amide bonds. The average Bonchev–Trinajstić information content (AvgIpc) is 3.11. The van der Waals surface area contributed by atoms with Crippen molar-refractivity contribution in [3.63, 3.8) is 0 Å². The SMILES string of the molecule is O=C(CNc1ccccc1F)c1ccc(-c2noc(C(F)(F)F)n2)cn1. The molecule has 0 atom stereocenters. The van der Waals surface area contributed by atoms with Gasteiger partial charge in [0.2, 0.25) is 5.82 Å². The van der Waals surface area contributed by atoms with Gasteiger partial charge < -0.3 is 9.84 Å². The number of carbonyl (C=O) groups excluding carboxylic acids is 1. The molecular formula is C16H10F4N4O2. The third-order valence-corrected chi connectivity index (χ3v) is 3.29. The molecule has 1 N–H and O–H groups in total. The summed E-state index contributed by atoms with van der Waals surface area (Å²) in [7, 11) is 0. The van der Waals surface area contributed by atoms with E-state index in [2.05, 4.69) is 25.0 Å². The minimum absolute atomic E-state index is 0.0529. The normalized spacial score (nSPS) is 11.4. The summed E-state index contributed by atoms with van der Waals surface area (Å²) >= 11 is 0. The molecule has 2 aromatic heterocycles. The number of alkyl halides is 3. The lowest BCUT2D eigenvalue weighted by molar-refractivity contribution is -0.159. The molecule has 2 heterocycles. The van der Waals surface area contributed by atoms with Crippen LogP contribution >= 0.6 is 0 Å². The van der Waals surface area contributed by atoms with Crippen LogP contribution in [0.5, 0.6) is 0 Å². The van der Waals surface area contributed by atoms with Crippen molar-refractivity contribution in [2.24, 2.45) is 0 Å². The van der Waals surface area contributed by atoms with Crippen LogP contribution in [0.4, 0.5) is 23.2 Å². The molecule has 0 saturated heterocycles. The van der Waals surface area contributed by atoms with Crippen molar-refractivity contribution in [2.75, 3.05) is 11.9 Å². The summed E-state index contributed by atoms with van der Waals surface area (Å²) in [6, 6.07) is 8.51. The number of hydrogen-bond donors (Lipinski definition) is 1. The predicted octanol–water partition coefficient (Wildman–Crippen LogP) is 3.58. The number of anilines is 1. The largest absolute Gasteiger partial charge is 0.471 e. The Morgan fingerprint density at radius 3 is 2.54 bits per heavy atom. The van der Waals surface area contributed by atoms with Gasteiger partial charge in [-0.3, -0.25) is 9.78 Å². The molecule has 0 aliphatic rings. The van der Waals surface area contributed by atoms with Crippen LogP contribution < -0.4 is 5.32 Å². The fraction of sp³-hybridized carbons (Fsp3) is 0.125. The van der Waals surface area contributed by atoms with E-state index in [0.717, 1.165) is 6.20 Å². The number of benzene rings is 1. The Morgan fingerprint density at radius 1 is 1.15 bits per heavy atom. The zero-order valence-electron chi connectivity index (χ0n) is 12.9. The van der Waals surface area contributed by atoms with Gasteiger partial charge in [0.05, 0.1) is 12.2 Å². The average molecular weight is 366 g/mol. The molecule has 6 nitrogen and oxygen atoms in total. The zero-order valence-corrected chi connectivity index (χ0v) is 12.9. The van der Waals surface area contributed by atoms with Crippen molar-refractivity contribution >= 4 is 11.5 Å². The Labute approximate surface area is 143 Å². The molecule has 0 unspecified atom stereocenters. The number of hydrogen-bond acceptors (Lipinski definition) is 6.